The van der Waals surface area contributed by atoms with Gasteiger partial charge in [0.25, 0.3) is 0 Å². The average Bonchev–Trinajstić information content (AvgIpc) is 2.68. The second-order valence-electron chi connectivity index (χ2n) is 5.19. The molecular weight excluding hydrogens is 212 g/mol. The van der Waals surface area contributed by atoms with Crippen molar-refractivity contribution in [3.63, 3.8) is 0 Å². The van der Waals surface area contributed by atoms with E-state index in [1.807, 2.05) is 0 Å². The minimum atomic E-state index is 0.804. The van der Waals surface area contributed by atoms with Crippen molar-refractivity contribution in [2.24, 2.45) is 5.10 Å². The van der Waals surface area contributed by atoms with Crippen LogP contribution in [0.1, 0.15) is 24.0 Å². The highest BCUT2D eigenvalue weighted by Gasteiger charge is 2.43. The molecule has 0 bridgehead atoms. The van der Waals surface area contributed by atoms with Crippen LogP contribution >= 0.6 is 0 Å². The largest absolute Gasteiger partial charge is 0.370 e. The first-order chi connectivity index (χ1) is 8.39. The summed E-state index contributed by atoms with van der Waals surface area (Å²) in [7, 11) is 0. The zero-order chi connectivity index (χ0) is 11.3. The zero-order valence-corrected chi connectivity index (χ0v) is 9.98. The molecule has 0 N–H and O–H groups in total. The molecule has 2 aliphatic heterocycles. The van der Waals surface area contributed by atoms with E-state index in [0.29, 0.717) is 0 Å². The molecule has 1 aromatic rings. The van der Waals surface area contributed by atoms with Gasteiger partial charge >= 0.3 is 0 Å². The minimum absolute atomic E-state index is 0.804. The van der Waals surface area contributed by atoms with Crippen LogP contribution < -0.4 is 4.59 Å². The van der Waals surface area contributed by atoms with E-state index in [4.69, 9.17) is 9.84 Å². The predicted molar refractivity (Wildman–Crippen MR) is 68.3 cm³/mol. The zero-order valence-electron chi connectivity index (χ0n) is 9.98. The summed E-state index contributed by atoms with van der Waals surface area (Å²) in [5.74, 6) is 0. The summed E-state index contributed by atoms with van der Waals surface area (Å²) < 4.78 is 6.31. The van der Waals surface area contributed by atoms with Gasteiger partial charge in [-0.3, -0.25) is 0 Å². The van der Waals surface area contributed by atoms with E-state index in [1.165, 1.54) is 35.4 Å². The topological polar surface area (TPSA) is 21.6 Å². The van der Waals surface area contributed by atoms with Crippen LogP contribution in [0.4, 0.5) is 5.69 Å². The monoisotopic (exact) mass is 229 g/mol. The number of morpholine rings is 1. The lowest BCUT2D eigenvalue weighted by molar-refractivity contribution is 0.0436. The molecule has 0 amide bonds. The fourth-order valence-electron chi connectivity index (χ4n) is 3.42. The first-order valence-corrected chi connectivity index (χ1v) is 6.56. The smallest absolute Gasteiger partial charge is 0.169 e. The number of quaternary nitrogens is 1. The van der Waals surface area contributed by atoms with Gasteiger partial charge in [-0.2, -0.15) is 4.59 Å². The Morgan fingerprint density at radius 3 is 2.88 bits per heavy atom. The molecule has 3 nitrogen and oxygen atoms in total. The van der Waals surface area contributed by atoms with Gasteiger partial charge in [0.05, 0.1) is 18.8 Å². The highest BCUT2D eigenvalue weighted by molar-refractivity contribution is 6.09. The molecule has 1 spiro atoms. The van der Waals surface area contributed by atoms with Crippen LogP contribution in [0.2, 0.25) is 0 Å². The molecule has 3 aliphatic rings. The Labute approximate surface area is 101 Å². The van der Waals surface area contributed by atoms with Crippen molar-refractivity contribution in [3.8, 4) is 0 Å². The molecule has 1 aliphatic carbocycles. The second kappa shape index (κ2) is 3.40. The molecular formula is C14H17N2O+. The molecule has 0 radical (unpaired) electrons. The van der Waals surface area contributed by atoms with E-state index in [1.54, 1.807) is 0 Å². The van der Waals surface area contributed by atoms with Crippen LogP contribution in [-0.2, 0) is 11.2 Å². The first kappa shape index (κ1) is 9.80. The van der Waals surface area contributed by atoms with E-state index < -0.39 is 0 Å². The van der Waals surface area contributed by atoms with Crippen LogP contribution in [0.5, 0.6) is 0 Å². The molecule has 88 valence electrons. The van der Waals surface area contributed by atoms with E-state index >= 15 is 0 Å². The van der Waals surface area contributed by atoms with E-state index in [-0.39, 0.29) is 0 Å². The van der Waals surface area contributed by atoms with Crippen LogP contribution in [0, 0.1) is 0 Å². The summed E-state index contributed by atoms with van der Waals surface area (Å²) in [5.41, 5.74) is 5.76. The molecule has 2 heterocycles. The quantitative estimate of drug-likeness (QED) is 0.624. The number of rotatable bonds is 0. The van der Waals surface area contributed by atoms with Crippen molar-refractivity contribution < 1.29 is 4.74 Å². The van der Waals surface area contributed by atoms with Gasteiger partial charge in [-0.15, -0.1) is 0 Å². The van der Waals surface area contributed by atoms with Gasteiger partial charge in [-0.1, -0.05) is 17.2 Å². The van der Waals surface area contributed by atoms with Gasteiger partial charge in [-0.25, -0.2) is 0 Å². The Morgan fingerprint density at radius 1 is 1.12 bits per heavy atom. The van der Waals surface area contributed by atoms with Crippen LogP contribution in [0.25, 0.3) is 0 Å². The number of ether oxygens (including phenoxy) is 1. The summed E-state index contributed by atoms with van der Waals surface area (Å²) in [6.07, 6.45) is 3.63. The third-order valence-corrected chi connectivity index (χ3v) is 4.25. The summed E-state index contributed by atoms with van der Waals surface area (Å²) in [5, 5.41) is 5.05. The molecule has 4 rings (SSSR count). The van der Waals surface area contributed by atoms with Gasteiger partial charge in [0.15, 0.2) is 5.69 Å². The highest BCUT2D eigenvalue weighted by Crippen LogP contribution is 2.41. The van der Waals surface area contributed by atoms with Crippen molar-refractivity contribution in [2.45, 2.75) is 19.3 Å². The molecule has 1 aromatic carbocycles. The van der Waals surface area contributed by atoms with E-state index in [9.17, 15) is 0 Å². The Kier molecular flexibility index (Phi) is 1.96. The Hall–Kier alpha value is -1.19. The van der Waals surface area contributed by atoms with Crippen molar-refractivity contribution in [2.75, 3.05) is 26.3 Å². The SMILES string of the molecule is c1cc2c3c(c1)[N+]1(CCOCC1)N=C3CCC2. The Bertz CT molecular complexity index is 501. The van der Waals surface area contributed by atoms with Gasteiger partial charge in [0.2, 0.25) is 0 Å². The molecule has 1 saturated heterocycles. The summed E-state index contributed by atoms with van der Waals surface area (Å²) in [6.45, 7) is 3.67. The normalized spacial score (nSPS) is 24.6. The van der Waals surface area contributed by atoms with Gasteiger partial charge in [0.1, 0.15) is 18.8 Å². The van der Waals surface area contributed by atoms with Crippen molar-refractivity contribution in [1.82, 2.24) is 4.59 Å². The predicted octanol–water partition coefficient (Wildman–Crippen LogP) is 2.08. The lowest BCUT2D eigenvalue weighted by Gasteiger charge is -2.32. The average molecular weight is 229 g/mol. The summed E-state index contributed by atoms with van der Waals surface area (Å²) >= 11 is 0. The maximum atomic E-state index is 5.50. The van der Waals surface area contributed by atoms with Gasteiger partial charge in [-0.05, 0) is 24.8 Å². The number of hydrogen-bond donors (Lipinski definition) is 0. The molecule has 1 fully saturated rings. The highest BCUT2D eigenvalue weighted by atomic mass is 16.5. The van der Waals surface area contributed by atoms with Gasteiger partial charge in [0, 0.05) is 6.07 Å². The van der Waals surface area contributed by atoms with E-state index in [2.05, 4.69) is 18.2 Å². The third kappa shape index (κ3) is 1.27. The van der Waals surface area contributed by atoms with Crippen LogP contribution in [0.3, 0.4) is 0 Å². The number of nitrogens with zero attached hydrogens (tertiary/aromatic N) is 2. The standard InChI is InChI=1S/C14H17N2O/c1-3-11-4-2-6-13-14(11)12(5-1)15-16(13)7-9-17-10-8-16/h2,4,6H,1,3,5,7-10H2/q+1. The summed E-state index contributed by atoms with van der Waals surface area (Å²) in [6, 6.07) is 6.75. The maximum Gasteiger partial charge on any atom is 0.169 e. The molecule has 0 atom stereocenters. The number of aryl methyl sites for hydroxylation is 1. The fraction of sp³-hybridized carbons (Fsp3) is 0.500. The second-order valence-corrected chi connectivity index (χ2v) is 5.19. The van der Waals surface area contributed by atoms with Gasteiger partial charge < -0.3 is 4.74 Å². The van der Waals surface area contributed by atoms with Crippen LogP contribution in [0.15, 0.2) is 23.3 Å². The molecule has 0 saturated carbocycles. The molecule has 0 unspecified atom stereocenters. The third-order valence-electron chi connectivity index (χ3n) is 4.25. The minimum Gasteiger partial charge on any atom is -0.370 e. The van der Waals surface area contributed by atoms with Crippen molar-refractivity contribution >= 4 is 11.4 Å². The Morgan fingerprint density at radius 2 is 2.00 bits per heavy atom. The molecule has 0 aromatic heterocycles. The number of fused-ring (bicyclic) bond motifs is 1. The Balaban J connectivity index is 1.93. The number of benzene rings is 1. The molecule has 3 heteroatoms. The van der Waals surface area contributed by atoms with Crippen molar-refractivity contribution in [1.29, 1.82) is 0 Å². The first-order valence-electron chi connectivity index (χ1n) is 6.56. The van der Waals surface area contributed by atoms with Crippen LogP contribution in [-0.4, -0.2) is 32.0 Å². The summed E-state index contributed by atoms with van der Waals surface area (Å²) in [4.78, 5) is 0. The maximum absolute atomic E-state index is 5.50. The lowest BCUT2D eigenvalue weighted by Crippen LogP contribution is -2.51. The fourth-order valence-corrected chi connectivity index (χ4v) is 3.42. The lowest BCUT2D eigenvalue weighted by atomic mass is 9.89. The molecule has 17 heavy (non-hydrogen) atoms. The number of hydrogen-bond acceptors (Lipinski definition) is 2. The van der Waals surface area contributed by atoms with E-state index in [0.717, 1.165) is 37.3 Å². The van der Waals surface area contributed by atoms with Crippen molar-refractivity contribution in [3.05, 3.63) is 29.3 Å².